The van der Waals surface area contributed by atoms with E-state index in [1.54, 1.807) is 11.8 Å². The molecule has 0 aliphatic carbocycles. The third-order valence-corrected chi connectivity index (χ3v) is 6.88. The van der Waals surface area contributed by atoms with E-state index in [4.69, 9.17) is 5.26 Å². The summed E-state index contributed by atoms with van der Waals surface area (Å²) in [6, 6.07) is 16.2. The van der Waals surface area contributed by atoms with E-state index in [0.29, 0.717) is 10.6 Å². The average molecular weight is 418 g/mol. The summed E-state index contributed by atoms with van der Waals surface area (Å²) < 4.78 is 3.23. The molecule has 0 aliphatic rings. The maximum absolute atomic E-state index is 12.0. The number of thiophene rings is 1. The Kier molecular flexibility index (Phi) is 6.49. The van der Waals surface area contributed by atoms with E-state index >= 15 is 0 Å². The lowest BCUT2D eigenvalue weighted by atomic mass is 10.2. The fourth-order valence-electron chi connectivity index (χ4n) is 2.58. The Hall–Kier alpha value is -1.93. The number of hydrogen-bond acceptors (Lipinski definition) is 7. The zero-order valence-corrected chi connectivity index (χ0v) is 17.6. The van der Waals surface area contributed by atoms with Gasteiger partial charge in [0, 0.05) is 14.7 Å². The molecule has 2 N–H and O–H groups in total. The SMILES string of the molecule is CSc1ccc(-c2cc(NSc3ccc(C)cc3C)c(C(=O)OO)s2)cc1. The van der Waals surface area contributed by atoms with E-state index in [2.05, 4.69) is 22.6 Å². The summed E-state index contributed by atoms with van der Waals surface area (Å²) in [6.45, 7) is 4.10. The quantitative estimate of drug-likeness (QED) is 0.206. The molecule has 0 amide bonds. The highest BCUT2D eigenvalue weighted by molar-refractivity contribution is 8.00. The first-order valence-electron chi connectivity index (χ1n) is 8.16. The molecule has 0 aliphatic heterocycles. The van der Waals surface area contributed by atoms with Crippen LogP contribution in [-0.2, 0) is 4.89 Å². The molecule has 0 radical (unpaired) electrons. The lowest BCUT2D eigenvalue weighted by molar-refractivity contribution is -0.182. The first-order chi connectivity index (χ1) is 13.0. The van der Waals surface area contributed by atoms with Crippen molar-refractivity contribution in [2.24, 2.45) is 0 Å². The molecular weight excluding hydrogens is 398 g/mol. The molecule has 0 saturated carbocycles. The van der Waals surface area contributed by atoms with Crippen molar-refractivity contribution in [3.05, 3.63) is 64.5 Å². The van der Waals surface area contributed by atoms with E-state index in [1.165, 1.54) is 33.7 Å². The van der Waals surface area contributed by atoms with Crippen molar-refractivity contribution in [1.82, 2.24) is 0 Å². The van der Waals surface area contributed by atoms with Crippen LogP contribution in [0.25, 0.3) is 10.4 Å². The standard InChI is InChI=1S/C20H19NO3S3/c1-12-4-9-17(13(2)10-12)27-21-16-11-18(26-19(16)20(22)24-23)14-5-7-15(25-3)8-6-14/h4-11,21,23H,1-3H3. The van der Waals surface area contributed by atoms with Crippen LogP contribution in [0.5, 0.6) is 0 Å². The molecule has 3 rings (SSSR count). The predicted molar refractivity (Wildman–Crippen MR) is 115 cm³/mol. The number of carbonyl (C=O) groups is 1. The van der Waals surface area contributed by atoms with Gasteiger partial charge in [0.2, 0.25) is 0 Å². The van der Waals surface area contributed by atoms with Crippen molar-refractivity contribution >= 4 is 46.7 Å². The lowest BCUT2D eigenvalue weighted by Crippen LogP contribution is -2.01. The molecule has 140 valence electrons. The molecule has 0 fully saturated rings. The molecule has 1 aromatic heterocycles. The van der Waals surface area contributed by atoms with Crippen LogP contribution in [0.3, 0.4) is 0 Å². The second kappa shape index (κ2) is 8.84. The van der Waals surface area contributed by atoms with Crippen LogP contribution in [0.15, 0.2) is 58.3 Å². The number of anilines is 1. The van der Waals surface area contributed by atoms with E-state index in [0.717, 1.165) is 20.9 Å². The van der Waals surface area contributed by atoms with Gasteiger partial charge in [-0.3, -0.25) is 4.89 Å². The summed E-state index contributed by atoms with van der Waals surface area (Å²) in [4.78, 5) is 19.5. The number of rotatable bonds is 6. The summed E-state index contributed by atoms with van der Waals surface area (Å²) in [5.41, 5.74) is 3.98. The van der Waals surface area contributed by atoms with Crippen molar-refractivity contribution < 1.29 is 14.9 Å². The molecule has 0 unspecified atom stereocenters. The van der Waals surface area contributed by atoms with Gasteiger partial charge in [0.1, 0.15) is 4.88 Å². The Morgan fingerprint density at radius 2 is 1.85 bits per heavy atom. The van der Waals surface area contributed by atoms with Crippen molar-refractivity contribution in [3.63, 3.8) is 0 Å². The fourth-order valence-corrected chi connectivity index (χ4v) is 4.78. The van der Waals surface area contributed by atoms with Gasteiger partial charge in [0.25, 0.3) is 0 Å². The second-order valence-electron chi connectivity index (χ2n) is 5.93. The fraction of sp³-hybridized carbons (Fsp3) is 0.150. The highest BCUT2D eigenvalue weighted by atomic mass is 32.2. The van der Waals surface area contributed by atoms with Crippen LogP contribution in [0.2, 0.25) is 0 Å². The number of aryl methyl sites for hydroxylation is 2. The van der Waals surface area contributed by atoms with Gasteiger partial charge in [-0.2, -0.15) is 5.26 Å². The van der Waals surface area contributed by atoms with Crippen molar-refractivity contribution in [2.45, 2.75) is 23.6 Å². The zero-order valence-electron chi connectivity index (χ0n) is 15.1. The van der Waals surface area contributed by atoms with Gasteiger partial charge < -0.3 is 4.72 Å². The number of thioether (sulfide) groups is 1. The van der Waals surface area contributed by atoms with Gasteiger partial charge in [0.15, 0.2) is 0 Å². The molecule has 0 saturated heterocycles. The molecule has 0 bridgehead atoms. The Labute approximate surface area is 171 Å². The summed E-state index contributed by atoms with van der Waals surface area (Å²) in [6.07, 6.45) is 2.03. The van der Waals surface area contributed by atoms with Gasteiger partial charge >= 0.3 is 5.97 Å². The smallest absolute Gasteiger partial charge is 0.324 e. The zero-order chi connectivity index (χ0) is 19.4. The maximum atomic E-state index is 12.0. The first kappa shape index (κ1) is 19.8. The molecule has 7 heteroatoms. The summed E-state index contributed by atoms with van der Waals surface area (Å²) in [7, 11) is 0. The van der Waals surface area contributed by atoms with Crippen LogP contribution >= 0.6 is 35.0 Å². The predicted octanol–water partition coefficient (Wildman–Crippen LogP) is 6.50. The Morgan fingerprint density at radius 1 is 1.11 bits per heavy atom. The number of carbonyl (C=O) groups excluding carboxylic acids is 1. The molecular formula is C20H19NO3S3. The highest BCUT2D eigenvalue weighted by Crippen LogP contribution is 2.38. The van der Waals surface area contributed by atoms with Gasteiger partial charge in [-0.25, -0.2) is 4.79 Å². The first-order valence-corrected chi connectivity index (χ1v) is 11.0. The molecule has 0 spiro atoms. The van der Waals surface area contributed by atoms with E-state index in [-0.39, 0.29) is 0 Å². The largest absolute Gasteiger partial charge is 0.384 e. The number of benzene rings is 2. The van der Waals surface area contributed by atoms with Crippen LogP contribution in [-0.4, -0.2) is 17.5 Å². The molecule has 1 heterocycles. The van der Waals surface area contributed by atoms with Crippen molar-refractivity contribution in [1.29, 1.82) is 0 Å². The van der Waals surface area contributed by atoms with Crippen LogP contribution in [0.1, 0.15) is 20.8 Å². The summed E-state index contributed by atoms with van der Waals surface area (Å²) in [5, 5.41) is 8.84. The molecule has 4 nitrogen and oxygen atoms in total. The van der Waals surface area contributed by atoms with Crippen molar-refractivity contribution in [2.75, 3.05) is 11.0 Å². The van der Waals surface area contributed by atoms with E-state index < -0.39 is 5.97 Å². The van der Waals surface area contributed by atoms with Gasteiger partial charge in [-0.05, 0) is 67.4 Å². The monoisotopic (exact) mass is 417 g/mol. The third-order valence-electron chi connectivity index (χ3n) is 3.98. The molecule has 3 aromatic rings. The minimum atomic E-state index is -0.768. The van der Waals surface area contributed by atoms with E-state index in [1.807, 2.05) is 55.6 Å². The normalized spacial score (nSPS) is 10.7. The maximum Gasteiger partial charge on any atom is 0.384 e. The van der Waals surface area contributed by atoms with Crippen molar-refractivity contribution in [3.8, 4) is 10.4 Å². The Bertz CT molecular complexity index is 952. The molecule has 2 aromatic carbocycles. The number of nitrogens with one attached hydrogen (secondary N) is 1. The second-order valence-corrected chi connectivity index (χ2v) is 8.71. The minimum Gasteiger partial charge on any atom is -0.324 e. The van der Waals surface area contributed by atoms with Crippen LogP contribution < -0.4 is 4.72 Å². The Balaban J connectivity index is 1.88. The highest BCUT2D eigenvalue weighted by Gasteiger charge is 2.19. The average Bonchev–Trinajstić information content (AvgIpc) is 3.11. The van der Waals surface area contributed by atoms with Gasteiger partial charge in [-0.15, -0.1) is 23.1 Å². The third kappa shape index (κ3) is 4.68. The van der Waals surface area contributed by atoms with Crippen LogP contribution in [0, 0.1) is 13.8 Å². The minimum absolute atomic E-state index is 0.332. The molecule has 27 heavy (non-hydrogen) atoms. The molecule has 0 atom stereocenters. The summed E-state index contributed by atoms with van der Waals surface area (Å²) in [5.74, 6) is -0.768. The topological polar surface area (TPSA) is 58.6 Å². The van der Waals surface area contributed by atoms with Crippen LogP contribution in [0.4, 0.5) is 5.69 Å². The van der Waals surface area contributed by atoms with Gasteiger partial charge in [-0.1, -0.05) is 29.8 Å². The summed E-state index contributed by atoms with van der Waals surface area (Å²) >= 11 is 4.39. The van der Waals surface area contributed by atoms with Gasteiger partial charge in [0.05, 0.1) is 5.69 Å². The Morgan fingerprint density at radius 3 is 2.48 bits per heavy atom. The lowest BCUT2D eigenvalue weighted by Gasteiger charge is -2.08. The number of hydrogen-bond donors (Lipinski definition) is 2. The van der Waals surface area contributed by atoms with E-state index in [9.17, 15) is 4.79 Å².